The smallest absolute Gasteiger partial charge is 0.410 e. The van der Waals surface area contributed by atoms with Gasteiger partial charge in [0, 0.05) is 51.5 Å². The molecule has 6 aromatic rings. The number of carbonyl (C=O) groups excluding carboxylic acids is 1. The fourth-order valence-electron chi connectivity index (χ4n) is 6.15. The Morgan fingerprint density at radius 2 is 1.08 bits per heavy atom. The van der Waals surface area contributed by atoms with Crippen molar-refractivity contribution in [3.05, 3.63) is 110 Å². The Morgan fingerprint density at radius 1 is 0.650 bits per heavy atom. The van der Waals surface area contributed by atoms with E-state index in [2.05, 4.69) is 19.7 Å². The molecule has 0 unspecified atom stereocenters. The lowest BCUT2D eigenvalue weighted by atomic mass is 10.2. The molecule has 0 saturated heterocycles. The Hall–Kier alpha value is -5.42. The molecular formula is C43H55ClN6O8S2. The van der Waals surface area contributed by atoms with Crippen LogP contribution in [0.3, 0.4) is 0 Å². The van der Waals surface area contributed by atoms with Crippen LogP contribution in [0.2, 0.25) is 0 Å². The number of fused-ring (bicyclic) bond motifs is 2. The number of amides is 1. The van der Waals surface area contributed by atoms with E-state index >= 15 is 0 Å². The second kappa shape index (κ2) is 20.7. The van der Waals surface area contributed by atoms with E-state index in [9.17, 15) is 21.6 Å². The van der Waals surface area contributed by atoms with E-state index in [1.54, 1.807) is 109 Å². The molecule has 6 rings (SSSR count). The van der Waals surface area contributed by atoms with Gasteiger partial charge < -0.3 is 33.6 Å². The number of hydrogen-bond donors (Lipinski definition) is 3. The number of nitrogens with zero attached hydrogens (tertiary/aromatic N) is 3. The Morgan fingerprint density at radius 3 is 1.50 bits per heavy atom. The molecule has 0 saturated carbocycles. The van der Waals surface area contributed by atoms with Gasteiger partial charge in [-0.15, -0.1) is 12.4 Å². The average molecular weight is 884 g/mol. The van der Waals surface area contributed by atoms with Crippen LogP contribution in [0, 0.1) is 0 Å². The van der Waals surface area contributed by atoms with Gasteiger partial charge in [0.25, 0.3) is 20.0 Å². The first-order valence-corrected chi connectivity index (χ1v) is 22.1. The van der Waals surface area contributed by atoms with Crippen LogP contribution in [-0.4, -0.2) is 87.8 Å². The maximum atomic E-state index is 12.8. The number of benzene rings is 4. The first-order chi connectivity index (χ1) is 28.0. The molecule has 0 fully saturated rings. The van der Waals surface area contributed by atoms with Crippen LogP contribution in [0.25, 0.3) is 21.9 Å². The number of carbonyl (C=O) groups is 1. The van der Waals surface area contributed by atoms with Gasteiger partial charge in [-0.1, -0.05) is 36.4 Å². The van der Waals surface area contributed by atoms with Crippen LogP contribution >= 0.6 is 12.4 Å². The van der Waals surface area contributed by atoms with Crippen molar-refractivity contribution in [2.75, 3.05) is 73.6 Å². The molecule has 3 N–H and O–H groups in total. The molecule has 0 aliphatic rings. The van der Waals surface area contributed by atoms with Gasteiger partial charge in [-0.25, -0.2) is 21.6 Å². The molecule has 4 aromatic carbocycles. The van der Waals surface area contributed by atoms with Crippen LogP contribution in [0.15, 0.2) is 128 Å². The van der Waals surface area contributed by atoms with Crippen LogP contribution in [0.5, 0.6) is 0 Å². The average Bonchev–Trinajstić information content (AvgIpc) is 3.87. The lowest BCUT2D eigenvalue weighted by molar-refractivity contribution is 0.0298. The second-order valence-corrected chi connectivity index (χ2v) is 18.4. The van der Waals surface area contributed by atoms with E-state index < -0.39 is 25.6 Å². The summed E-state index contributed by atoms with van der Waals surface area (Å²) in [6.07, 6.45) is 4.48. The predicted molar refractivity (Wildman–Crippen MR) is 243 cm³/mol. The summed E-state index contributed by atoms with van der Waals surface area (Å²) in [7, 11) is 0.149. The maximum absolute atomic E-state index is 12.8. The molecule has 0 spiro atoms. The summed E-state index contributed by atoms with van der Waals surface area (Å²) in [5.74, 6) is 0. The van der Waals surface area contributed by atoms with Crippen molar-refractivity contribution in [1.82, 2.24) is 10.2 Å². The van der Waals surface area contributed by atoms with E-state index in [1.807, 2.05) is 58.9 Å². The third kappa shape index (κ3) is 12.8. The maximum Gasteiger partial charge on any atom is 0.410 e. The van der Waals surface area contributed by atoms with Crippen molar-refractivity contribution in [3.8, 4) is 0 Å². The summed E-state index contributed by atoms with van der Waals surface area (Å²) >= 11 is 0. The van der Waals surface area contributed by atoms with Gasteiger partial charge in [0.2, 0.25) is 0 Å². The van der Waals surface area contributed by atoms with Crippen LogP contribution in [-0.2, 0) is 24.8 Å². The van der Waals surface area contributed by atoms with Gasteiger partial charge in [-0.3, -0.25) is 9.44 Å². The number of anilines is 4. The molecule has 2 aromatic heterocycles. The number of rotatable bonds is 16. The third-order valence-corrected chi connectivity index (χ3v) is 11.9. The summed E-state index contributed by atoms with van der Waals surface area (Å²) in [5.41, 5.74) is 3.44. The van der Waals surface area contributed by atoms with Gasteiger partial charge in [0.15, 0.2) is 11.2 Å². The van der Waals surface area contributed by atoms with Crippen LogP contribution < -0.4 is 24.6 Å². The topological polar surface area (TPSA) is 167 Å². The molecule has 2 heterocycles. The molecule has 1 amide bonds. The fourth-order valence-corrected chi connectivity index (χ4v) is 8.27. The number of hydrogen-bond acceptors (Lipinski definition) is 11. The molecule has 60 heavy (non-hydrogen) atoms. The quantitative estimate of drug-likeness (QED) is 0.0797. The molecule has 14 nitrogen and oxygen atoms in total. The number of nitrogens with one attached hydrogen (secondary N) is 3. The zero-order valence-electron chi connectivity index (χ0n) is 35.0. The van der Waals surface area contributed by atoms with Gasteiger partial charge in [0.05, 0.1) is 45.1 Å². The number of ether oxygens (including phenoxy) is 1. The monoisotopic (exact) mass is 882 g/mol. The zero-order valence-corrected chi connectivity index (χ0v) is 37.4. The molecule has 0 aliphatic carbocycles. The van der Waals surface area contributed by atoms with Gasteiger partial charge in [0.1, 0.15) is 5.60 Å². The number of furan rings is 2. The Balaban J connectivity index is 0.000000267. The van der Waals surface area contributed by atoms with Gasteiger partial charge in [-0.2, -0.15) is 0 Å². The summed E-state index contributed by atoms with van der Waals surface area (Å²) in [6.45, 7) is 8.37. The highest BCUT2D eigenvalue weighted by Gasteiger charge is 2.21. The minimum absolute atomic E-state index is 0. The number of sulfonamides is 2. The van der Waals surface area contributed by atoms with Crippen molar-refractivity contribution in [2.45, 2.75) is 49.0 Å². The first-order valence-electron chi connectivity index (χ1n) is 19.2. The second-order valence-electron chi connectivity index (χ2n) is 15.1. The van der Waals surface area contributed by atoms with E-state index in [0.29, 0.717) is 36.5 Å². The van der Waals surface area contributed by atoms with Crippen molar-refractivity contribution >= 4 is 83.2 Å². The van der Waals surface area contributed by atoms with E-state index in [4.69, 9.17) is 13.6 Å². The highest BCUT2D eigenvalue weighted by Crippen LogP contribution is 2.34. The predicted octanol–water partition coefficient (Wildman–Crippen LogP) is 8.63. The van der Waals surface area contributed by atoms with Crippen LogP contribution in [0.4, 0.5) is 27.5 Å². The molecule has 0 aliphatic heterocycles. The lowest BCUT2D eigenvalue weighted by Crippen LogP contribution is -2.35. The zero-order chi connectivity index (χ0) is 42.8. The molecule has 0 atom stereocenters. The molecule has 324 valence electrons. The molecule has 17 heteroatoms. The Bertz CT molecular complexity index is 2530. The molecular weight excluding hydrogens is 828 g/mol. The van der Waals surface area contributed by atoms with Crippen molar-refractivity contribution in [1.29, 1.82) is 0 Å². The van der Waals surface area contributed by atoms with Crippen LogP contribution in [0.1, 0.15) is 33.6 Å². The Labute approximate surface area is 359 Å². The standard InChI is InChI=1S/C24H31N3O5S.C19H23N3O3S.ClH/c1-24(2,3)32-23(28)27(5)14-9-13-26(4)21-17-19(16-18-12-15-31-22(18)21)25-33(29,30)20-10-7-6-8-11-20;1-20-10-6-11-22(2)18-14-16(13-15-9-12-25-19(15)18)21-26(23,24)17-7-4-3-5-8-17;/h6-8,10-12,15-17,25H,9,13-14H2,1-5H3;3-5,7-9,12-14,20-21H,6,10-11H2,1-2H3;1H. The lowest BCUT2D eigenvalue weighted by Gasteiger charge is -2.26. The van der Waals surface area contributed by atoms with Crippen molar-refractivity contribution in [2.24, 2.45) is 0 Å². The van der Waals surface area contributed by atoms with Crippen molar-refractivity contribution in [3.63, 3.8) is 0 Å². The summed E-state index contributed by atoms with van der Waals surface area (Å²) < 4.78 is 72.7. The summed E-state index contributed by atoms with van der Waals surface area (Å²) in [6, 6.07) is 27.3. The summed E-state index contributed by atoms with van der Waals surface area (Å²) in [5, 5.41) is 4.77. The largest absolute Gasteiger partial charge is 0.462 e. The number of halogens is 1. The third-order valence-electron chi connectivity index (χ3n) is 9.11. The fraction of sp³-hybridized carbons (Fsp3) is 0.326. The first kappa shape index (κ1) is 47.3. The van der Waals surface area contributed by atoms with E-state index in [0.717, 1.165) is 47.2 Å². The van der Waals surface area contributed by atoms with Gasteiger partial charge >= 0.3 is 6.09 Å². The molecule has 0 bridgehead atoms. The molecule has 0 radical (unpaired) electrons. The minimum atomic E-state index is -3.72. The SMILES string of the molecule is CN(CCCN(C)c1cc(NS(=O)(=O)c2ccccc2)cc2ccoc12)C(=O)OC(C)(C)C.CNCCCN(C)c1cc(NS(=O)(=O)c2ccccc2)cc2ccoc12.Cl. The van der Waals surface area contributed by atoms with E-state index in [1.165, 1.54) is 0 Å². The van der Waals surface area contributed by atoms with E-state index in [-0.39, 0.29) is 28.3 Å². The van der Waals surface area contributed by atoms with Crippen molar-refractivity contribution < 1.29 is 35.2 Å². The minimum Gasteiger partial charge on any atom is -0.462 e. The normalized spacial score (nSPS) is 11.6. The highest BCUT2D eigenvalue weighted by atomic mass is 35.5. The summed E-state index contributed by atoms with van der Waals surface area (Å²) in [4.78, 5) is 18.2. The Kier molecular flexibility index (Phi) is 16.3. The van der Waals surface area contributed by atoms with Gasteiger partial charge in [-0.05, 0) is 108 Å². The highest BCUT2D eigenvalue weighted by molar-refractivity contribution is 7.93.